The van der Waals surface area contributed by atoms with Gasteiger partial charge in [0.05, 0.1) is 47.4 Å². The summed E-state index contributed by atoms with van der Waals surface area (Å²) in [5.74, 6) is 1.13. The first-order chi connectivity index (χ1) is 12.4. The van der Waals surface area contributed by atoms with Crippen molar-refractivity contribution in [1.29, 1.82) is 0 Å². The minimum absolute atomic E-state index is 0.203. The van der Waals surface area contributed by atoms with Gasteiger partial charge in [-0.1, -0.05) is 6.07 Å². The highest BCUT2D eigenvalue weighted by Gasteiger charge is 2.36. The number of nitro groups is 2. The summed E-state index contributed by atoms with van der Waals surface area (Å²) in [6.45, 7) is 0. The molecule has 3 rings (SSSR count). The number of nitrogens with zero attached hydrogens (tertiary/aromatic N) is 3. The fraction of sp³-hybridized carbons (Fsp3) is 0.294. The van der Waals surface area contributed by atoms with Gasteiger partial charge in [0, 0.05) is 19.5 Å². The van der Waals surface area contributed by atoms with Crippen LogP contribution in [0, 0.1) is 20.2 Å². The second kappa shape index (κ2) is 6.51. The lowest BCUT2D eigenvalue weighted by molar-refractivity contribution is -0.394. The van der Waals surface area contributed by atoms with E-state index in [0.29, 0.717) is 29.2 Å². The van der Waals surface area contributed by atoms with Crippen molar-refractivity contribution in [2.24, 2.45) is 0 Å². The van der Waals surface area contributed by atoms with Crippen LogP contribution in [0.3, 0.4) is 0 Å². The lowest BCUT2D eigenvalue weighted by Gasteiger charge is -2.23. The van der Waals surface area contributed by atoms with Crippen LogP contribution < -0.4 is 14.4 Å². The van der Waals surface area contributed by atoms with Gasteiger partial charge in [0.25, 0.3) is 11.4 Å². The van der Waals surface area contributed by atoms with E-state index in [1.54, 1.807) is 13.1 Å². The van der Waals surface area contributed by atoms with Gasteiger partial charge >= 0.3 is 0 Å². The van der Waals surface area contributed by atoms with Crippen LogP contribution in [-0.2, 0) is 6.42 Å². The molecule has 136 valence electrons. The zero-order valence-electron chi connectivity index (χ0n) is 14.5. The molecule has 0 radical (unpaired) electrons. The molecule has 2 aromatic rings. The van der Waals surface area contributed by atoms with Crippen molar-refractivity contribution in [3.63, 3.8) is 0 Å². The molecular weight excluding hydrogens is 342 g/mol. The summed E-state index contributed by atoms with van der Waals surface area (Å²) in [5.41, 5.74) is 1.33. The molecule has 1 heterocycles. The first kappa shape index (κ1) is 17.5. The summed E-state index contributed by atoms with van der Waals surface area (Å²) in [6, 6.07) is 7.63. The molecule has 1 aliphatic heterocycles. The Morgan fingerprint density at radius 3 is 2.31 bits per heavy atom. The lowest BCUT2D eigenvalue weighted by Crippen LogP contribution is -2.19. The van der Waals surface area contributed by atoms with Crippen molar-refractivity contribution in [3.05, 3.63) is 61.7 Å². The van der Waals surface area contributed by atoms with Crippen molar-refractivity contribution in [1.82, 2.24) is 0 Å². The second-order valence-corrected chi connectivity index (χ2v) is 5.92. The number of non-ortho nitro benzene ring substituents is 1. The van der Waals surface area contributed by atoms with Crippen molar-refractivity contribution in [3.8, 4) is 11.5 Å². The molecule has 1 aliphatic rings. The Bertz CT molecular complexity index is 898. The van der Waals surface area contributed by atoms with Crippen molar-refractivity contribution in [2.75, 3.05) is 26.2 Å². The SMILES string of the molecule is COc1ccc([C@@H]2Cc3c(cc([N+](=O)[O-])cc3[N+](=O)[O-])N2C)cc1OC. The van der Waals surface area contributed by atoms with Crippen LogP contribution in [0.25, 0.3) is 0 Å². The Morgan fingerprint density at radius 1 is 1.04 bits per heavy atom. The van der Waals surface area contributed by atoms with Crippen molar-refractivity contribution in [2.45, 2.75) is 12.5 Å². The van der Waals surface area contributed by atoms with E-state index in [-0.39, 0.29) is 17.4 Å². The van der Waals surface area contributed by atoms with Crippen LogP contribution in [0.1, 0.15) is 17.2 Å². The molecule has 0 spiro atoms. The molecule has 9 nitrogen and oxygen atoms in total. The molecule has 0 amide bonds. The number of fused-ring (bicyclic) bond motifs is 1. The molecular formula is C17H17N3O6. The summed E-state index contributed by atoms with van der Waals surface area (Å²) in [4.78, 5) is 23.1. The molecule has 0 N–H and O–H groups in total. The Hall–Kier alpha value is -3.36. The van der Waals surface area contributed by atoms with Crippen LogP contribution in [0.4, 0.5) is 17.1 Å². The van der Waals surface area contributed by atoms with Gasteiger partial charge in [0.1, 0.15) is 0 Å². The Labute approximate surface area is 149 Å². The van der Waals surface area contributed by atoms with Gasteiger partial charge in [0.2, 0.25) is 0 Å². The third kappa shape index (κ3) is 2.77. The smallest absolute Gasteiger partial charge is 0.281 e. The van der Waals surface area contributed by atoms with E-state index < -0.39 is 9.85 Å². The average Bonchev–Trinajstić information content (AvgIpc) is 2.96. The standard InChI is InChI=1S/C17H17N3O6/c1-18-13(10-4-5-16(25-2)17(6-10)26-3)9-12-14(18)7-11(19(21)22)8-15(12)20(23)24/h4-8,13H,9H2,1-3H3/t13-/m0/s1. The van der Waals surface area contributed by atoms with E-state index in [1.165, 1.54) is 20.3 Å². The van der Waals surface area contributed by atoms with Gasteiger partial charge in [-0.05, 0) is 17.7 Å². The molecule has 0 unspecified atom stereocenters. The van der Waals surface area contributed by atoms with E-state index in [1.807, 2.05) is 17.0 Å². The zero-order chi connectivity index (χ0) is 19.0. The van der Waals surface area contributed by atoms with Crippen LogP contribution in [0.2, 0.25) is 0 Å². The lowest BCUT2D eigenvalue weighted by atomic mass is 10.0. The van der Waals surface area contributed by atoms with E-state index in [9.17, 15) is 20.2 Å². The number of nitro benzene ring substituents is 2. The van der Waals surface area contributed by atoms with Crippen LogP contribution in [-0.4, -0.2) is 31.1 Å². The van der Waals surface area contributed by atoms with E-state index in [2.05, 4.69) is 0 Å². The Morgan fingerprint density at radius 2 is 1.73 bits per heavy atom. The van der Waals surface area contributed by atoms with Crippen molar-refractivity contribution < 1.29 is 19.3 Å². The summed E-state index contributed by atoms with van der Waals surface area (Å²) in [5, 5.41) is 22.5. The normalized spacial score (nSPS) is 15.5. The van der Waals surface area contributed by atoms with E-state index in [0.717, 1.165) is 11.6 Å². The van der Waals surface area contributed by atoms with E-state index >= 15 is 0 Å². The fourth-order valence-electron chi connectivity index (χ4n) is 3.32. The average molecular weight is 359 g/mol. The molecule has 0 aromatic heterocycles. The molecule has 1 atom stereocenters. The number of ether oxygens (including phenoxy) is 2. The van der Waals surface area contributed by atoms with Gasteiger partial charge in [-0.15, -0.1) is 0 Å². The topological polar surface area (TPSA) is 108 Å². The number of hydrogen-bond donors (Lipinski definition) is 0. The number of hydrogen-bond acceptors (Lipinski definition) is 7. The van der Waals surface area contributed by atoms with E-state index in [4.69, 9.17) is 9.47 Å². The highest BCUT2D eigenvalue weighted by atomic mass is 16.6. The number of methoxy groups -OCH3 is 2. The molecule has 0 aliphatic carbocycles. The molecule has 0 bridgehead atoms. The first-order valence-corrected chi connectivity index (χ1v) is 7.77. The van der Waals surface area contributed by atoms with Crippen LogP contribution in [0.5, 0.6) is 11.5 Å². The van der Waals surface area contributed by atoms with Crippen molar-refractivity contribution >= 4 is 17.1 Å². The molecule has 0 saturated carbocycles. The fourth-order valence-corrected chi connectivity index (χ4v) is 3.32. The summed E-state index contributed by atoms with van der Waals surface area (Å²) >= 11 is 0. The molecule has 0 saturated heterocycles. The Balaban J connectivity index is 2.07. The van der Waals surface area contributed by atoms with Gasteiger partial charge in [-0.25, -0.2) is 0 Å². The van der Waals surface area contributed by atoms with Gasteiger partial charge in [0.15, 0.2) is 11.5 Å². The highest BCUT2D eigenvalue weighted by molar-refractivity contribution is 5.71. The number of rotatable bonds is 5. The maximum absolute atomic E-state index is 11.4. The Kier molecular flexibility index (Phi) is 4.37. The molecule has 26 heavy (non-hydrogen) atoms. The number of anilines is 1. The quantitative estimate of drug-likeness (QED) is 0.595. The maximum Gasteiger partial charge on any atom is 0.281 e. The number of benzene rings is 2. The van der Waals surface area contributed by atoms with Gasteiger partial charge < -0.3 is 14.4 Å². The minimum atomic E-state index is -0.620. The van der Waals surface area contributed by atoms with Crippen LogP contribution in [0.15, 0.2) is 30.3 Å². The van der Waals surface area contributed by atoms with Crippen LogP contribution >= 0.6 is 0 Å². The first-order valence-electron chi connectivity index (χ1n) is 7.77. The summed E-state index contributed by atoms with van der Waals surface area (Å²) in [7, 11) is 4.83. The predicted octanol–water partition coefficient (Wildman–Crippen LogP) is 3.25. The second-order valence-electron chi connectivity index (χ2n) is 5.92. The molecule has 0 fully saturated rings. The predicted molar refractivity (Wildman–Crippen MR) is 94.1 cm³/mol. The third-order valence-electron chi connectivity index (χ3n) is 4.63. The monoisotopic (exact) mass is 359 g/mol. The summed E-state index contributed by atoms with van der Waals surface area (Å²) in [6.07, 6.45) is 0.371. The minimum Gasteiger partial charge on any atom is -0.493 e. The molecule has 2 aromatic carbocycles. The zero-order valence-corrected chi connectivity index (χ0v) is 14.5. The van der Waals surface area contributed by atoms with Gasteiger partial charge in [-0.3, -0.25) is 20.2 Å². The maximum atomic E-state index is 11.4. The highest BCUT2D eigenvalue weighted by Crippen LogP contribution is 2.46. The largest absolute Gasteiger partial charge is 0.493 e. The molecule has 9 heteroatoms. The third-order valence-corrected chi connectivity index (χ3v) is 4.63. The number of likely N-dealkylation sites (N-methyl/N-ethyl adjacent to an activating group) is 1. The summed E-state index contributed by atoms with van der Waals surface area (Å²) < 4.78 is 10.6. The van der Waals surface area contributed by atoms with Gasteiger partial charge in [-0.2, -0.15) is 0 Å².